The summed E-state index contributed by atoms with van der Waals surface area (Å²) in [5.41, 5.74) is 4.88. The second kappa shape index (κ2) is 17.9. The molecule has 11 nitrogen and oxygen atoms in total. The molecule has 5 heterocycles. The van der Waals surface area contributed by atoms with Crippen molar-refractivity contribution in [3.8, 4) is 22.9 Å². The van der Waals surface area contributed by atoms with E-state index in [0.717, 1.165) is 87.1 Å². The number of thiophene rings is 1. The number of hydrogen-bond donors (Lipinski definition) is 1. The van der Waals surface area contributed by atoms with Crippen molar-refractivity contribution in [3.05, 3.63) is 106 Å². The molecule has 6 aromatic rings. The zero-order valence-electron chi connectivity index (χ0n) is 32.9. The van der Waals surface area contributed by atoms with Gasteiger partial charge in [0.05, 0.1) is 26.5 Å². The number of para-hydroxylation sites is 1. The van der Waals surface area contributed by atoms with E-state index in [1.54, 1.807) is 41.8 Å². The first kappa shape index (κ1) is 41.7. The van der Waals surface area contributed by atoms with Crippen LogP contribution in [0.4, 0.5) is 13.2 Å². The number of aliphatic carboxylic acids is 1. The number of nitrogens with zero attached hydrogens (tertiary/aromatic N) is 6. The van der Waals surface area contributed by atoms with Crippen LogP contribution in [0, 0.1) is 0 Å². The summed E-state index contributed by atoms with van der Waals surface area (Å²) in [6.07, 6.45) is -1.82. The van der Waals surface area contributed by atoms with Crippen molar-refractivity contribution >= 4 is 66.2 Å². The zero-order chi connectivity index (χ0) is 42.0. The molecule has 314 valence electrons. The molecule has 17 heteroatoms. The number of rotatable bonds is 15. The molecule has 1 atom stereocenters. The van der Waals surface area contributed by atoms with Crippen molar-refractivity contribution in [2.45, 2.75) is 51.6 Å². The second-order valence-corrected chi connectivity index (χ2v) is 16.9. The summed E-state index contributed by atoms with van der Waals surface area (Å²) in [5.74, 6) is -0.0417. The predicted octanol–water partition coefficient (Wildman–Crippen LogP) is 9.27. The lowest BCUT2D eigenvalue weighted by molar-refractivity contribution is -0.145. The number of carbonyl (C=O) groups is 1. The lowest BCUT2D eigenvalue weighted by Crippen LogP contribution is -2.45. The first-order valence-corrected chi connectivity index (χ1v) is 21.5. The molecule has 2 aromatic carbocycles. The Hall–Kier alpha value is -5.00. The average Bonchev–Trinajstić information content (AvgIpc) is 3.97. The van der Waals surface area contributed by atoms with Gasteiger partial charge in [-0.3, -0.25) is 14.6 Å². The van der Waals surface area contributed by atoms with Crippen LogP contribution >= 0.6 is 34.5 Å². The highest BCUT2D eigenvalue weighted by atomic mass is 35.5. The van der Waals surface area contributed by atoms with Crippen LogP contribution in [-0.2, 0) is 29.1 Å². The summed E-state index contributed by atoms with van der Waals surface area (Å²) < 4.78 is 65.4. The number of halogens is 4. The van der Waals surface area contributed by atoms with Crippen LogP contribution in [0.5, 0.6) is 11.6 Å². The van der Waals surface area contributed by atoms with Crippen LogP contribution in [0.2, 0.25) is 0 Å². The van der Waals surface area contributed by atoms with Gasteiger partial charge in [-0.25, -0.2) is 4.79 Å². The summed E-state index contributed by atoms with van der Waals surface area (Å²) in [6.45, 7) is 5.89. The molecular weight excluding hydrogens is 837 g/mol. The lowest BCUT2D eigenvalue weighted by atomic mass is 9.87. The fourth-order valence-electron chi connectivity index (χ4n) is 7.62. The number of benzene rings is 2. The van der Waals surface area contributed by atoms with Crippen LogP contribution in [0.15, 0.2) is 88.7 Å². The number of carboxylic acids is 1. The monoisotopic (exact) mass is 878 g/mol. The zero-order valence-corrected chi connectivity index (χ0v) is 35.3. The molecule has 1 fully saturated rings. The highest BCUT2D eigenvalue weighted by Crippen LogP contribution is 2.48. The van der Waals surface area contributed by atoms with Crippen molar-refractivity contribution in [2.75, 3.05) is 46.4 Å². The third-order valence-corrected chi connectivity index (χ3v) is 13.1. The average molecular weight is 879 g/mol. The summed E-state index contributed by atoms with van der Waals surface area (Å²) in [4.78, 5) is 22.7. The summed E-state index contributed by atoms with van der Waals surface area (Å²) in [5, 5.41) is 18.6. The fraction of sp³-hybridized carbons (Fsp3) is 0.349. The lowest BCUT2D eigenvalue weighted by Gasteiger charge is -2.32. The Morgan fingerprint density at radius 1 is 1.02 bits per heavy atom. The van der Waals surface area contributed by atoms with E-state index in [9.17, 15) is 23.1 Å². The van der Waals surface area contributed by atoms with E-state index in [4.69, 9.17) is 30.8 Å². The highest BCUT2D eigenvalue weighted by Gasteiger charge is 2.32. The molecule has 4 aromatic heterocycles. The van der Waals surface area contributed by atoms with Crippen molar-refractivity contribution in [1.82, 2.24) is 28.9 Å². The summed E-state index contributed by atoms with van der Waals surface area (Å²) in [7, 11) is 2.13. The Morgan fingerprint density at radius 3 is 2.60 bits per heavy atom. The van der Waals surface area contributed by atoms with Crippen molar-refractivity contribution in [1.29, 1.82) is 0 Å². The van der Waals surface area contributed by atoms with Gasteiger partial charge in [-0.1, -0.05) is 48.0 Å². The number of ether oxygens (including phenoxy) is 3. The van der Waals surface area contributed by atoms with Gasteiger partial charge >= 0.3 is 12.1 Å². The Bertz CT molecular complexity index is 2580. The molecular formula is C43H42ClF3N6O5S2. The maximum absolute atomic E-state index is 13.1. The molecule has 0 amide bonds. The van der Waals surface area contributed by atoms with Crippen LogP contribution < -0.4 is 9.47 Å². The van der Waals surface area contributed by atoms with Gasteiger partial charge in [0, 0.05) is 84.6 Å². The molecule has 0 radical (unpaired) electrons. The van der Waals surface area contributed by atoms with E-state index in [1.807, 2.05) is 19.1 Å². The Labute approximate surface area is 357 Å². The minimum Gasteiger partial charge on any atom is -0.495 e. The second-order valence-electron chi connectivity index (χ2n) is 14.8. The summed E-state index contributed by atoms with van der Waals surface area (Å²) in [6, 6.07) is 16.3. The third-order valence-electron chi connectivity index (χ3n) is 10.8. The van der Waals surface area contributed by atoms with Gasteiger partial charge in [0.2, 0.25) is 12.0 Å². The van der Waals surface area contributed by atoms with Crippen LogP contribution in [-0.4, -0.2) is 98.7 Å². The SMILES string of the molecule is CC1=C(c2c(-c3csc4ccccc34)ncc3snc(O[C@H](Cc4ccccc4OCc4ccnn4CC(F)(F)F)C(=O)O)c23)CCC(OCCN2CCN(C)CC2)=C1Cl. The number of allylic oxidation sites excluding steroid dienone is 4. The number of pyridine rings is 1. The molecule has 1 aliphatic carbocycles. The van der Waals surface area contributed by atoms with Gasteiger partial charge in [-0.15, -0.1) is 11.3 Å². The van der Waals surface area contributed by atoms with Crippen LogP contribution in [0.3, 0.4) is 0 Å². The number of hydrogen-bond acceptors (Lipinski definition) is 11. The first-order valence-electron chi connectivity index (χ1n) is 19.5. The molecule has 60 heavy (non-hydrogen) atoms. The van der Waals surface area contributed by atoms with Crippen LogP contribution in [0.25, 0.3) is 37.0 Å². The van der Waals surface area contributed by atoms with E-state index >= 15 is 0 Å². The van der Waals surface area contributed by atoms with Gasteiger partial charge in [-0.2, -0.15) is 22.6 Å². The van der Waals surface area contributed by atoms with Gasteiger partial charge in [0.25, 0.3) is 0 Å². The summed E-state index contributed by atoms with van der Waals surface area (Å²) >= 11 is 9.93. The van der Waals surface area contributed by atoms with E-state index in [2.05, 4.69) is 43.8 Å². The number of alkyl halides is 3. The molecule has 0 spiro atoms. The first-order chi connectivity index (χ1) is 28.9. The predicted molar refractivity (Wildman–Crippen MR) is 228 cm³/mol. The smallest absolute Gasteiger partial charge is 0.408 e. The Kier molecular flexibility index (Phi) is 12.5. The van der Waals surface area contributed by atoms with E-state index < -0.39 is 24.8 Å². The normalized spacial score (nSPS) is 16.2. The van der Waals surface area contributed by atoms with Crippen molar-refractivity contribution in [2.24, 2.45) is 0 Å². The molecule has 0 saturated carbocycles. The molecule has 1 N–H and O–H groups in total. The maximum atomic E-state index is 13.1. The van der Waals surface area contributed by atoms with Crippen molar-refractivity contribution < 1.29 is 37.3 Å². The molecule has 0 unspecified atom stereocenters. The van der Waals surface area contributed by atoms with Gasteiger partial charge < -0.3 is 24.2 Å². The largest absolute Gasteiger partial charge is 0.495 e. The van der Waals surface area contributed by atoms with Gasteiger partial charge in [0.1, 0.15) is 31.3 Å². The number of likely N-dealkylation sites (N-methyl/N-ethyl adjacent to an activating group) is 1. The minimum absolute atomic E-state index is 0.125. The van der Waals surface area contributed by atoms with E-state index in [0.29, 0.717) is 51.6 Å². The molecule has 0 bridgehead atoms. The van der Waals surface area contributed by atoms with E-state index in [1.165, 1.54) is 12.3 Å². The van der Waals surface area contributed by atoms with Gasteiger partial charge in [-0.05, 0) is 66.8 Å². The van der Waals surface area contributed by atoms with Crippen molar-refractivity contribution in [3.63, 3.8) is 0 Å². The molecule has 1 saturated heterocycles. The number of piperazine rings is 1. The number of carboxylic acid groups (broad SMARTS) is 1. The standard InChI is InChI=1S/C43H42ClF3N6O5S2/c1-26-29(11-12-33(39(26)44)56-20-19-52-17-15-51(2)16-18-52)37-38-36(22-48-40(37)31-24-59-35-10-6-4-8-30(31)35)60-50-41(38)58-34(42(54)55)21-27-7-3-5-9-32(27)57-23-28-13-14-49-53(28)25-43(45,46)47/h3-10,13-14,22,24,34H,11-12,15-21,23,25H2,1-2H3,(H,54,55)/t34-/m1/s1. The maximum Gasteiger partial charge on any atom is 0.408 e. The Balaban J connectivity index is 1.12. The highest BCUT2D eigenvalue weighted by molar-refractivity contribution is 7.17. The number of fused-ring (bicyclic) bond motifs is 2. The molecule has 2 aliphatic rings. The number of aromatic nitrogens is 4. The quantitative estimate of drug-likeness (QED) is 0.107. The van der Waals surface area contributed by atoms with Gasteiger partial charge in [0.15, 0.2) is 0 Å². The topological polar surface area (TPSA) is 115 Å². The molecule has 8 rings (SSSR count). The third kappa shape index (κ3) is 9.17. The van der Waals surface area contributed by atoms with Crippen LogP contribution in [0.1, 0.15) is 36.6 Å². The Morgan fingerprint density at radius 2 is 1.80 bits per heavy atom. The fourth-order valence-corrected chi connectivity index (χ4v) is 9.52. The molecule has 1 aliphatic heterocycles. The van der Waals surface area contributed by atoms with E-state index in [-0.39, 0.29) is 24.6 Å². The minimum atomic E-state index is -4.46.